The lowest BCUT2D eigenvalue weighted by atomic mass is 9.84. The van der Waals surface area contributed by atoms with Gasteiger partial charge in [0.1, 0.15) is 18.1 Å². The van der Waals surface area contributed by atoms with Crippen LogP contribution in [0.5, 0.6) is 0 Å². The van der Waals surface area contributed by atoms with Crippen molar-refractivity contribution < 1.29 is 53.1 Å². The molecule has 0 saturated carbocycles. The molecule has 0 fully saturated rings. The highest BCUT2D eigenvalue weighted by atomic mass is 16.4. The number of carboxylic acid groups (broad SMARTS) is 1. The number of nitrogens with one attached hydrogen (secondary N) is 5. The molecule has 0 aromatic heterocycles. The van der Waals surface area contributed by atoms with E-state index in [-0.39, 0.29) is 36.1 Å². The number of rotatable bonds is 17. The zero-order valence-corrected chi connectivity index (χ0v) is 26.7. The van der Waals surface area contributed by atoms with Crippen LogP contribution in [0.4, 0.5) is 5.69 Å². The minimum atomic E-state index is -1.83. The number of fused-ring (bicyclic) bond motifs is 3. The molecular formula is C32H35N7O11. The molecule has 0 heterocycles. The molecule has 2 aromatic rings. The van der Waals surface area contributed by atoms with Crippen molar-refractivity contribution in [3.63, 3.8) is 0 Å². The number of aliphatic carboxylic acids is 1. The topological polar surface area (TPSA) is 303 Å². The van der Waals surface area contributed by atoms with Gasteiger partial charge in [0.15, 0.2) is 0 Å². The van der Waals surface area contributed by atoms with Crippen LogP contribution in [0.15, 0.2) is 42.5 Å². The summed E-state index contributed by atoms with van der Waals surface area (Å²) in [5.41, 5.74) is 11.6. The summed E-state index contributed by atoms with van der Waals surface area (Å²) in [5.74, 6) is -9.08. The number of ketones is 2. The van der Waals surface area contributed by atoms with E-state index in [9.17, 15) is 53.1 Å². The van der Waals surface area contributed by atoms with Gasteiger partial charge in [-0.15, -0.1) is 0 Å². The SMILES string of the molecule is CC(=O)N[C@@H](CCC(N)=O)C(=O)NCC(=O)N[C@@H](CCC(N)=O)C(=O)N[C@@H](CC(=O)Nc1ccc2c(c1)C(=O)C(=O)c1ccccc1-2)C(=O)O. The first kappa shape index (κ1) is 38.0. The summed E-state index contributed by atoms with van der Waals surface area (Å²) >= 11 is 0. The number of hydrogen-bond donors (Lipinski definition) is 8. The molecule has 264 valence electrons. The Hall–Kier alpha value is -6.46. The van der Waals surface area contributed by atoms with Crippen LogP contribution in [-0.2, 0) is 38.4 Å². The van der Waals surface area contributed by atoms with Gasteiger partial charge in [-0.25, -0.2) is 4.79 Å². The number of anilines is 1. The Labute approximate surface area is 284 Å². The highest BCUT2D eigenvalue weighted by Gasteiger charge is 2.32. The van der Waals surface area contributed by atoms with Crippen molar-refractivity contribution >= 4 is 64.6 Å². The summed E-state index contributed by atoms with van der Waals surface area (Å²) < 4.78 is 0. The normalized spacial score (nSPS) is 13.3. The van der Waals surface area contributed by atoms with Crippen LogP contribution in [0.1, 0.15) is 59.7 Å². The highest BCUT2D eigenvalue weighted by Crippen LogP contribution is 2.34. The highest BCUT2D eigenvalue weighted by molar-refractivity contribution is 6.53. The van der Waals surface area contributed by atoms with Crippen LogP contribution in [0.3, 0.4) is 0 Å². The fourth-order valence-electron chi connectivity index (χ4n) is 4.97. The van der Waals surface area contributed by atoms with E-state index in [1.165, 1.54) is 24.3 Å². The summed E-state index contributed by atoms with van der Waals surface area (Å²) in [7, 11) is 0. The van der Waals surface area contributed by atoms with Crippen LogP contribution in [-0.4, -0.2) is 88.7 Å². The molecule has 3 rings (SSSR count). The quantitative estimate of drug-likeness (QED) is 0.0861. The molecule has 0 unspecified atom stereocenters. The molecule has 18 heteroatoms. The molecule has 0 saturated heterocycles. The van der Waals surface area contributed by atoms with Gasteiger partial charge >= 0.3 is 5.97 Å². The Morgan fingerprint density at radius 2 is 1.24 bits per heavy atom. The van der Waals surface area contributed by atoms with Gasteiger partial charge in [0, 0.05) is 36.6 Å². The first-order chi connectivity index (χ1) is 23.6. The van der Waals surface area contributed by atoms with E-state index < -0.39 is 96.4 Å². The van der Waals surface area contributed by atoms with Crippen molar-refractivity contribution in [1.82, 2.24) is 21.3 Å². The van der Waals surface area contributed by atoms with Gasteiger partial charge in [0.05, 0.1) is 13.0 Å². The summed E-state index contributed by atoms with van der Waals surface area (Å²) in [4.78, 5) is 122. The lowest BCUT2D eigenvalue weighted by molar-refractivity contribution is -0.143. The summed E-state index contributed by atoms with van der Waals surface area (Å²) in [6, 6.07) is 6.21. The number of benzene rings is 2. The van der Waals surface area contributed by atoms with E-state index in [0.717, 1.165) is 6.92 Å². The smallest absolute Gasteiger partial charge is 0.326 e. The van der Waals surface area contributed by atoms with Gasteiger partial charge in [0.25, 0.3) is 0 Å². The Bertz CT molecular complexity index is 1760. The lowest BCUT2D eigenvalue weighted by Gasteiger charge is -2.22. The van der Waals surface area contributed by atoms with Crippen LogP contribution < -0.4 is 38.1 Å². The van der Waals surface area contributed by atoms with Crippen LogP contribution >= 0.6 is 0 Å². The second-order valence-electron chi connectivity index (χ2n) is 11.2. The van der Waals surface area contributed by atoms with Crippen molar-refractivity contribution in [1.29, 1.82) is 0 Å². The van der Waals surface area contributed by atoms with Crippen molar-refractivity contribution in [2.45, 2.75) is 57.2 Å². The average molecular weight is 694 g/mol. The minimum absolute atomic E-state index is 0.0371. The van der Waals surface area contributed by atoms with Gasteiger partial charge in [0.2, 0.25) is 52.9 Å². The first-order valence-corrected chi connectivity index (χ1v) is 15.1. The monoisotopic (exact) mass is 693 g/mol. The lowest BCUT2D eigenvalue weighted by Crippen LogP contribution is -2.54. The predicted octanol–water partition coefficient (Wildman–Crippen LogP) is -1.73. The van der Waals surface area contributed by atoms with Gasteiger partial charge in [-0.3, -0.25) is 43.2 Å². The van der Waals surface area contributed by atoms with E-state index in [0.29, 0.717) is 11.1 Å². The van der Waals surface area contributed by atoms with Crippen molar-refractivity contribution in [2.75, 3.05) is 11.9 Å². The van der Waals surface area contributed by atoms with Crippen LogP contribution in [0, 0.1) is 0 Å². The second-order valence-corrected chi connectivity index (χ2v) is 11.2. The molecule has 1 aliphatic carbocycles. The Morgan fingerprint density at radius 3 is 1.82 bits per heavy atom. The maximum atomic E-state index is 13.1. The molecule has 10 N–H and O–H groups in total. The van der Waals surface area contributed by atoms with Crippen LogP contribution in [0.25, 0.3) is 11.1 Å². The Kier molecular flexibility index (Phi) is 13.0. The maximum absolute atomic E-state index is 13.1. The minimum Gasteiger partial charge on any atom is -0.480 e. The van der Waals surface area contributed by atoms with E-state index in [1.54, 1.807) is 18.2 Å². The Morgan fingerprint density at radius 1 is 0.680 bits per heavy atom. The largest absolute Gasteiger partial charge is 0.480 e. The van der Waals surface area contributed by atoms with Gasteiger partial charge < -0.3 is 43.2 Å². The first-order valence-electron chi connectivity index (χ1n) is 15.1. The molecule has 0 spiro atoms. The average Bonchev–Trinajstić information content (AvgIpc) is 3.05. The van der Waals surface area contributed by atoms with Crippen molar-refractivity contribution in [3.8, 4) is 11.1 Å². The molecular weight excluding hydrogens is 658 g/mol. The number of hydrogen-bond acceptors (Lipinski definition) is 10. The van der Waals surface area contributed by atoms with Gasteiger partial charge in [-0.05, 0) is 36.1 Å². The summed E-state index contributed by atoms with van der Waals surface area (Å²) in [6.07, 6.45) is -2.00. The van der Waals surface area contributed by atoms with E-state index in [2.05, 4.69) is 26.6 Å². The fraction of sp³-hybridized carbons (Fsp3) is 0.312. The molecule has 50 heavy (non-hydrogen) atoms. The summed E-state index contributed by atoms with van der Waals surface area (Å²) in [6.45, 7) is 0.406. The van der Waals surface area contributed by atoms with Crippen molar-refractivity contribution in [2.24, 2.45) is 11.5 Å². The number of primary amides is 2. The fourth-order valence-corrected chi connectivity index (χ4v) is 4.97. The molecule has 0 aliphatic heterocycles. The standard InChI is InChI=1S/C32H35N7O11/c1-15(40)36-21(8-10-24(33)41)30(47)35-14-27(44)38-22(9-11-25(34)42)31(48)39-23(32(49)50)13-26(43)37-16-6-7-18-17-4-2-3-5-19(17)28(45)29(46)20(18)12-16/h2-7,12,21-23H,8-11,13-14H2,1H3,(H2,33,41)(H2,34,42)(H,35,47)(H,36,40)(H,37,43)(H,38,44)(H,39,48)(H,49,50)/t21-,22-,23-/m0/s1. The number of amides is 7. The molecule has 3 atom stereocenters. The zero-order valence-electron chi connectivity index (χ0n) is 26.7. The third kappa shape index (κ3) is 10.5. The molecule has 18 nitrogen and oxygen atoms in total. The number of carboxylic acids is 1. The maximum Gasteiger partial charge on any atom is 0.326 e. The van der Waals surface area contributed by atoms with E-state index in [1.807, 2.05) is 0 Å². The summed E-state index contributed by atoms with van der Waals surface area (Å²) in [5, 5.41) is 21.1. The Balaban J connectivity index is 1.65. The van der Waals surface area contributed by atoms with Crippen molar-refractivity contribution in [3.05, 3.63) is 53.6 Å². The molecule has 0 bridgehead atoms. The van der Waals surface area contributed by atoms with E-state index >= 15 is 0 Å². The van der Waals surface area contributed by atoms with Gasteiger partial charge in [-0.1, -0.05) is 30.3 Å². The second kappa shape index (κ2) is 17.1. The number of carbonyl (C=O) groups excluding carboxylic acids is 9. The molecule has 0 radical (unpaired) electrons. The zero-order chi connectivity index (χ0) is 37.1. The molecule has 1 aliphatic rings. The third-order valence-corrected chi connectivity index (χ3v) is 7.35. The van der Waals surface area contributed by atoms with E-state index in [4.69, 9.17) is 11.5 Å². The predicted molar refractivity (Wildman–Crippen MR) is 173 cm³/mol. The third-order valence-electron chi connectivity index (χ3n) is 7.35. The van der Waals surface area contributed by atoms with Crippen LogP contribution in [0.2, 0.25) is 0 Å². The van der Waals surface area contributed by atoms with Gasteiger partial charge in [-0.2, -0.15) is 0 Å². The number of nitrogens with two attached hydrogens (primary N) is 2. The molecule has 2 aromatic carbocycles. The number of carbonyl (C=O) groups is 10. The molecule has 7 amide bonds. The number of Topliss-reactive ketones (excluding diaryl/α,β-unsaturated/α-hetero) is 2.